The molecule has 3 N–H and O–H groups in total. The number of aliphatic hydroxyl groups excluding tert-OH is 1. The highest BCUT2D eigenvalue weighted by Gasteiger charge is 2.42. The summed E-state index contributed by atoms with van der Waals surface area (Å²) in [5.41, 5.74) is 5.83. The first kappa shape index (κ1) is 11.2. The van der Waals surface area contributed by atoms with E-state index in [0.29, 0.717) is 0 Å². The summed E-state index contributed by atoms with van der Waals surface area (Å²) in [4.78, 5) is 0. The molecule has 0 aromatic heterocycles. The summed E-state index contributed by atoms with van der Waals surface area (Å²) in [6.07, 6.45) is 11.3. The second kappa shape index (κ2) is 4.32. The molecule has 0 amide bonds. The van der Waals surface area contributed by atoms with Crippen LogP contribution in [0, 0.1) is 0 Å². The Morgan fingerprint density at radius 2 is 2.20 bits per heavy atom. The molecule has 0 aromatic rings. The van der Waals surface area contributed by atoms with Crippen LogP contribution in [-0.2, 0) is 0 Å². The minimum absolute atomic E-state index is 0.174. The molecule has 84 valence electrons. The monoisotopic (exact) mass is 225 g/mol. The maximum atomic E-state index is 10.2. The van der Waals surface area contributed by atoms with Gasteiger partial charge in [-0.05, 0) is 26.2 Å². The van der Waals surface area contributed by atoms with Crippen molar-refractivity contribution < 1.29 is 5.11 Å². The average Bonchev–Trinajstić information content (AvgIpc) is 3.02. The van der Waals surface area contributed by atoms with Crippen molar-refractivity contribution in [3.8, 4) is 0 Å². The van der Waals surface area contributed by atoms with Gasteiger partial charge in [0, 0.05) is 11.3 Å². The first-order valence-electron chi connectivity index (χ1n) is 5.60. The van der Waals surface area contributed by atoms with Crippen LogP contribution in [0.1, 0.15) is 26.2 Å². The largest absolute Gasteiger partial charge is 0.390 e. The van der Waals surface area contributed by atoms with E-state index in [4.69, 9.17) is 5.73 Å². The summed E-state index contributed by atoms with van der Waals surface area (Å²) >= 11 is 1.90. The minimum Gasteiger partial charge on any atom is -0.390 e. The smallest absolute Gasteiger partial charge is 0.0872 e. The molecule has 1 saturated carbocycles. The molecule has 0 heterocycles. The van der Waals surface area contributed by atoms with Crippen LogP contribution >= 0.6 is 11.8 Å². The van der Waals surface area contributed by atoms with Crippen LogP contribution in [0.2, 0.25) is 0 Å². The maximum Gasteiger partial charge on any atom is 0.0872 e. The van der Waals surface area contributed by atoms with Gasteiger partial charge in [0.25, 0.3) is 0 Å². The number of nitrogens with two attached hydrogens (primary N) is 1. The highest BCUT2D eigenvalue weighted by molar-refractivity contribution is 8.01. The summed E-state index contributed by atoms with van der Waals surface area (Å²) in [5, 5.41) is 11.0. The van der Waals surface area contributed by atoms with Crippen LogP contribution in [0.15, 0.2) is 24.3 Å². The van der Waals surface area contributed by atoms with Crippen LogP contribution in [0.25, 0.3) is 0 Å². The lowest BCUT2D eigenvalue weighted by Crippen LogP contribution is -2.48. The van der Waals surface area contributed by atoms with Gasteiger partial charge in [0.1, 0.15) is 0 Å². The third-order valence-corrected chi connectivity index (χ3v) is 4.76. The third kappa shape index (κ3) is 2.47. The minimum atomic E-state index is -0.454. The molecule has 3 heteroatoms. The molecule has 0 bridgehead atoms. The number of aliphatic hydroxyl groups is 1. The zero-order valence-corrected chi connectivity index (χ0v) is 9.91. The van der Waals surface area contributed by atoms with Crippen molar-refractivity contribution in [1.29, 1.82) is 0 Å². The van der Waals surface area contributed by atoms with Crippen LogP contribution in [0.5, 0.6) is 0 Å². The SMILES string of the molecule is C[C@H](N)[C@@H](O)C1(SC2CC2)C=CC=CC1. The molecule has 0 spiro atoms. The Balaban J connectivity index is 2.13. The van der Waals surface area contributed by atoms with Gasteiger partial charge in [0.05, 0.1) is 10.9 Å². The van der Waals surface area contributed by atoms with Crippen LogP contribution in [-0.4, -0.2) is 27.2 Å². The Labute approximate surface area is 95.6 Å². The predicted octanol–water partition coefficient (Wildman–Crippen LogP) is 1.84. The molecule has 0 aliphatic heterocycles. The lowest BCUT2D eigenvalue weighted by atomic mass is 9.90. The van der Waals surface area contributed by atoms with E-state index < -0.39 is 6.10 Å². The first-order valence-corrected chi connectivity index (χ1v) is 6.48. The van der Waals surface area contributed by atoms with Crippen LogP contribution in [0.3, 0.4) is 0 Å². The fourth-order valence-electron chi connectivity index (χ4n) is 1.93. The van der Waals surface area contributed by atoms with Gasteiger partial charge in [0.2, 0.25) is 0 Å². The van der Waals surface area contributed by atoms with E-state index in [1.165, 1.54) is 12.8 Å². The van der Waals surface area contributed by atoms with E-state index in [9.17, 15) is 5.11 Å². The topological polar surface area (TPSA) is 46.2 Å². The molecule has 2 aliphatic rings. The predicted molar refractivity (Wildman–Crippen MR) is 65.9 cm³/mol. The first-order chi connectivity index (χ1) is 7.14. The maximum absolute atomic E-state index is 10.2. The standard InChI is InChI=1S/C12H19NOS/c1-9(13)11(14)12(15-10-5-6-10)7-3-2-4-8-12/h2-4,7,9-11,14H,5-6,8,13H2,1H3/t9-,11+,12?/m0/s1. The molecule has 1 unspecified atom stereocenters. The summed E-state index contributed by atoms with van der Waals surface area (Å²) < 4.78 is -0.177. The Kier molecular flexibility index (Phi) is 3.24. The van der Waals surface area contributed by atoms with Gasteiger partial charge in [0.15, 0.2) is 0 Å². The molecule has 0 saturated heterocycles. The Morgan fingerprint density at radius 3 is 2.67 bits per heavy atom. The van der Waals surface area contributed by atoms with Gasteiger partial charge in [-0.3, -0.25) is 0 Å². The zero-order valence-electron chi connectivity index (χ0n) is 9.10. The molecule has 2 rings (SSSR count). The van der Waals surface area contributed by atoms with Crippen molar-refractivity contribution >= 4 is 11.8 Å². The lowest BCUT2D eigenvalue weighted by molar-refractivity contribution is 0.124. The quantitative estimate of drug-likeness (QED) is 0.767. The van der Waals surface area contributed by atoms with Crippen LogP contribution < -0.4 is 5.73 Å². The average molecular weight is 225 g/mol. The highest BCUT2D eigenvalue weighted by atomic mass is 32.2. The lowest BCUT2D eigenvalue weighted by Gasteiger charge is -2.37. The summed E-state index contributed by atoms with van der Waals surface area (Å²) in [6.45, 7) is 1.88. The second-order valence-corrected chi connectivity index (χ2v) is 6.23. The molecule has 2 aliphatic carbocycles. The summed E-state index contributed by atoms with van der Waals surface area (Å²) in [5.74, 6) is 0. The fraction of sp³-hybridized carbons (Fsp3) is 0.667. The Hall–Kier alpha value is -0.250. The molecule has 3 atom stereocenters. The molecule has 0 aromatic carbocycles. The van der Waals surface area contributed by atoms with E-state index in [2.05, 4.69) is 12.2 Å². The van der Waals surface area contributed by atoms with Crippen LogP contribution in [0.4, 0.5) is 0 Å². The van der Waals surface area contributed by atoms with Crippen molar-refractivity contribution in [2.45, 2.75) is 48.3 Å². The molecular formula is C12H19NOS. The van der Waals surface area contributed by atoms with Crippen molar-refractivity contribution in [2.24, 2.45) is 5.73 Å². The molecule has 2 nitrogen and oxygen atoms in total. The molecule has 1 fully saturated rings. The number of rotatable bonds is 4. The van der Waals surface area contributed by atoms with Gasteiger partial charge >= 0.3 is 0 Å². The van der Waals surface area contributed by atoms with E-state index in [1.807, 2.05) is 30.8 Å². The number of thioether (sulfide) groups is 1. The number of hydrogen-bond donors (Lipinski definition) is 2. The van der Waals surface area contributed by atoms with E-state index >= 15 is 0 Å². The number of allylic oxidation sites excluding steroid dienone is 3. The second-order valence-electron chi connectivity index (χ2n) is 4.57. The number of hydrogen-bond acceptors (Lipinski definition) is 3. The zero-order chi connectivity index (χ0) is 10.9. The molecular weight excluding hydrogens is 206 g/mol. The molecule has 0 radical (unpaired) electrons. The van der Waals surface area contributed by atoms with Gasteiger partial charge in [-0.15, -0.1) is 11.8 Å². The van der Waals surface area contributed by atoms with Crippen molar-refractivity contribution in [1.82, 2.24) is 0 Å². The van der Waals surface area contributed by atoms with Gasteiger partial charge in [-0.25, -0.2) is 0 Å². The van der Waals surface area contributed by atoms with E-state index in [1.54, 1.807) is 0 Å². The highest BCUT2D eigenvalue weighted by Crippen LogP contribution is 2.47. The normalized spacial score (nSPS) is 34.1. The summed E-state index contributed by atoms with van der Waals surface area (Å²) in [7, 11) is 0. The summed E-state index contributed by atoms with van der Waals surface area (Å²) in [6, 6.07) is -0.174. The van der Waals surface area contributed by atoms with Gasteiger partial charge in [-0.2, -0.15) is 0 Å². The van der Waals surface area contributed by atoms with Gasteiger partial charge in [-0.1, -0.05) is 24.3 Å². The van der Waals surface area contributed by atoms with Crippen molar-refractivity contribution in [3.63, 3.8) is 0 Å². The van der Waals surface area contributed by atoms with Gasteiger partial charge < -0.3 is 10.8 Å². The van der Waals surface area contributed by atoms with Crippen molar-refractivity contribution in [3.05, 3.63) is 24.3 Å². The Morgan fingerprint density at radius 1 is 1.47 bits per heavy atom. The molecule has 15 heavy (non-hydrogen) atoms. The fourth-order valence-corrected chi connectivity index (χ4v) is 3.63. The Bertz CT molecular complexity index is 283. The third-order valence-electron chi connectivity index (χ3n) is 2.97. The van der Waals surface area contributed by atoms with Crippen molar-refractivity contribution in [2.75, 3.05) is 0 Å². The van der Waals surface area contributed by atoms with E-state index in [0.717, 1.165) is 11.7 Å². The van der Waals surface area contributed by atoms with E-state index in [-0.39, 0.29) is 10.8 Å².